The van der Waals surface area contributed by atoms with Gasteiger partial charge in [0.2, 0.25) is 0 Å². The molecule has 2 aromatic carbocycles. The summed E-state index contributed by atoms with van der Waals surface area (Å²) in [5.74, 6) is -1.03. The maximum Gasteiger partial charge on any atom is 0.337 e. The SMILES string of the molecule is N#CCCn1cc(-c2ccccc2)c(/C=N/Nc2ccccc2C(=O)O)n1. The minimum Gasteiger partial charge on any atom is -0.478 e. The number of para-hydroxylation sites is 1. The van der Waals surface area contributed by atoms with Crippen LogP contribution in [0, 0.1) is 11.3 Å². The average molecular weight is 359 g/mol. The van der Waals surface area contributed by atoms with Crippen molar-refractivity contribution in [3.8, 4) is 17.2 Å². The van der Waals surface area contributed by atoms with Crippen molar-refractivity contribution in [1.29, 1.82) is 5.26 Å². The first-order chi connectivity index (χ1) is 13.2. The molecule has 3 aromatic rings. The lowest BCUT2D eigenvalue weighted by molar-refractivity contribution is 0.0698. The van der Waals surface area contributed by atoms with E-state index in [1.807, 2.05) is 36.5 Å². The van der Waals surface area contributed by atoms with Gasteiger partial charge in [0.05, 0.1) is 36.5 Å². The van der Waals surface area contributed by atoms with Crippen LogP contribution in [0.25, 0.3) is 11.1 Å². The van der Waals surface area contributed by atoms with Gasteiger partial charge in [0.15, 0.2) is 0 Å². The maximum atomic E-state index is 11.3. The van der Waals surface area contributed by atoms with Gasteiger partial charge >= 0.3 is 5.97 Å². The quantitative estimate of drug-likeness (QED) is 0.495. The molecule has 0 aliphatic carbocycles. The molecular weight excluding hydrogens is 342 g/mol. The molecule has 134 valence electrons. The molecule has 0 radical (unpaired) electrons. The van der Waals surface area contributed by atoms with E-state index < -0.39 is 5.97 Å². The number of carbonyl (C=O) groups is 1. The van der Waals surface area contributed by atoms with E-state index in [-0.39, 0.29) is 5.56 Å². The summed E-state index contributed by atoms with van der Waals surface area (Å²) in [5.41, 5.74) is 5.78. The number of anilines is 1. The fourth-order valence-corrected chi connectivity index (χ4v) is 2.58. The van der Waals surface area contributed by atoms with E-state index in [1.54, 1.807) is 29.1 Å². The zero-order valence-corrected chi connectivity index (χ0v) is 14.4. The van der Waals surface area contributed by atoms with E-state index in [9.17, 15) is 9.90 Å². The Morgan fingerprint density at radius 3 is 2.70 bits per heavy atom. The first kappa shape index (κ1) is 17.9. The van der Waals surface area contributed by atoms with Crippen LogP contribution in [-0.2, 0) is 6.54 Å². The molecular formula is C20H17N5O2. The molecule has 0 bridgehead atoms. The first-order valence-corrected chi connectivity index (χ1v) is 8.30. The number of aryl methyl sites for hydroxylation is 1. The number of aromatic carboxylic acids is 1. The number of aromatic nitrogens is 2. The van der Waals surface area contributed by atoms with Crippen LogP contribution in [0.1, 0.15) is 22.5 Å². The van der Waals surface area contributed by atoms with Crippen molar-refractivity contribution in [2.75, 3.05) is 5.43 Å². The molecule has 0 atom stereocenters. The monoisotopic (exact) mass is 359 g/mol. The highest BCUT2D eigenvalue weighted by molar-refractivity contribution is 5.94. The molecule has 1 aromatic heterocycles. The molecule has 1 heterocycles. The third kappa shape index (κ3) is 4.38. The summed E-state index contributed by atoms with van der Waals surface area (Å²) in [7, 11) is 0. The van der Waals surface area contributed by atoms with E-state index in [0.29, 0.717) is 24.3 Å². The number of benzene rings is 2. The maximum absolute atomic E-state index is 11.3. The molecule has 7 heteroatoms. The molecule has 0 unspecified atom stereocenters. The lowest BCUT2D eigenvalue weighted by Crippen LogP contribution is -2.02. The van der Waals surface area contributed by atoms with Gasteiger partial charge in [0.25, 0.3) is 0 Å². The highest BCUT2D eigenvalue weighted by Crippen LogP contribution is 2.22. The predicted molar refractivity (Wildman–Crippen MR) is 103 cm³/mol. The number of nitrogens with zero attached hydrogens (tertiary/aromatic N) is 4. The minimum absolute atomic E-state index is 0.137. The molecule has 3 rings (SSSR count). The topological polar surface area (TPSA) is 103 Å². The molecule has 0 amide bonds. The molecule has 0 saturated carbocycles. The van der Waals surface area contributed by atoms with Crippen LogP contribution >= 0.6 is 0 Å². The van der Waals surface area contributed by atoms with Gasteiger partial charge in [0, 0.05) is 11.8 Å². The molecule has 0 spiro atoms. The van der Waals surface area contributed by atoms with Gasteiger partial charge in [-0.15, -0.1) is 0 Å². The van der Waals surface area contributed by atoms with Crippen molar-refractivity contribution in [1.82, 2.24) is 9.78 Å². The van der Waals surface area contributed by atoms with Crippen LogP contribution in [0.4, 0.5) is 5.69 Å². The summed E-state index contributed by atoms with van der Waals surface area (Å²) >= 11 is 0. The summed E-state index contributed by atoms with van der Waals surface area (Å²) in [6, 6.07) is 18.4. The van der Waals surface area contributed by atoms with Crippen molar-refractivity contribution in [2.24, 2.45) is 5.10 Å². The van der Waals surface area contributed by atoms with Gasteiger partial charge in [-0.1, -0.05) is 42.5 Å². The number of nitrogens with one attached hydrogen (secondary N) is 1. The first-order valence-electron chi connectivity index (χ1n) is 8.30. The largest absolute Gasteiger partial charge is 0.478 e. The van der Waals surface area contributed by atoms with Crippen LogP contribution in [0.2, 0.25) is 0 Å². The Hall–Kier alpha value is -3.92. The Morgan fingerprint density at radius 2 is 1.96 bits per heavy atom. The van der Waals surface area contributed by atoms with Crippen molar-refractivity contribution in [3.05, 3.63) is 72.1 Å². The lowest BCUT2D eigenvalue weighted by atomic mass is 10.1. The molecule has 2 N–H and O–H groups in total. The smallest absolute Gasteiger partial charge is 0.337 e. The van der Waals surface area contributed by atoms with Crippen molar-refractivity contribution in [3.63, 3.8) is 0 Å². The van der Waals surface area contributed by atoms with Gasteiger partial charge in [-0.25, -0.2) is 4.79 Å². The Morgan fingerprint density at radius 1 is 1.22 bits per heavy atom. The number of hydrogen-bond donors (Lipinski definition) is 2. The van der Waals surface area contributed by atoms with Crippen molar-refractivity contribution < 1.29 is 9.90 Å². The number of carboxylic acid groups (broad SMARTS) is 1. The highest BCUT2D eigenvalue weighted by Gasteiger charge is 2.10. The number of hydrogen-bond acceptors (Lipinski definition) is 5. The van der Waals surface area contributed by atoms with E-state index >= 15 is 0 Å². The summed E-state index contributed by atoms with van der Waals surface area (Å²) in [6.07, 6.45) is 3.78. The Balaban J connectivity index is 1.87. The minimum atomic E-state index is -1.03. The normalized spacial score (nSPS) is 10.6. The van der Waals surface area contributed by atoms with Crippen molar-refractivity contribution >= 4 is 17.9 Å². The Kier molecular flexibility index (Phi) is 5.60. The highest BCUT2D eigenvalue weighted by atomic mass is 16.4. The number of rotatable bonds is 7. The van der Waals surface area contributed by atoms with Crippen LogP contribution in [-0.4, -0.2) is 27.1 Å². The van der Waals surface area contributed by atoms with Crippen LogP contribution in [0.15, 0.2) is 65.9 Å². The summed E-state index contributed by atoms with van der Waals surface area (Å²) < 4.78 is 1.71. The summed E-state index contributed by atoms with van der Waals surface area (Å²) in [5, 5.41) is 26.6. The fraction of sp³-hybridized carbons (Fsp3) is 0.100. The molecule has 0 aliphatic heterocycles. The standard InChI is InChI=1S/C20H17N5O2/c21-11-6-12-25-14-17(15-7-2-1-3-8-15)19(24-25)13-22-23-18-10-5-4-9-16(18)20(26)27/h1-5,7-10,13-14,23H,6,12H2,(H,26,27)/b22-13+. The zero-order chi connectivity index (χ0) is 19.1. The van der Waals surface area contributed by atoms with Gasteiger partial charge in [-0.2, -0.15) is 15.5 Å². The van der Waals surface area contributed by atoms with Gasteiger partial charge in [-0.3, -0.25) is 10.1 Å². The fourth-order valence-electron chi connectivity index (χ4n) is 2.58. The second kappa shape index (κ2) is 8.45. The third-order valence-electron chi connectivity index (χ3n) is 3.86. The molecule has 0 fully saturated rings. The summed E-state index contributed by atoms with van der Waals surface area (Å²) in [4.78, 5) is 11.3. The molecule has 27 heavy (non-hydrogen) atoms. The number of hydrazone groups is 1. The van der Waals surface area contributed by atoms with Crippen molar-refractivity contribution in [2.45, 2.75) is 13.0 Å². The van der Waals surface area contributed by atoms with Gasteiger partial charge in [-0.05, 0) is 17.7 Å². The lowest BCUT2D eigenvalue weighted by Gasteiger charge is -2.04. The second-order valence-corrected chi connectivity index (χ2v) is 5.69. The van der Waals surface area contributed by atoms with Crippen LogP contribution < -0.4 is 5.43 Å². The summed E-state index contributed by atoms with van der Waals surface area (Å²) in [6.45, 7) is 0.486. The van der Waals surface area contributed by atoms with Crippen LogP contribution in [0.3, 0.4) is 0 Å². The molecule has 7 nitrogen and oxygen atoms in total. The number of carboxylic acids is 1. The van der Waals surface area contributed by atoms with E-state index in [0.717, 1.165) is 11.1 Å². The van der Waals surface area contributed by atoms with E-state index in [1.165, 1.54) is 6.07 Å². The van der Waals surface area contributed by atoms with Crippen LogP contribution in [0.5, 0.6) is 0 Å². The predicted octanol–water partition coefficient (Wildman–Crippen LogP) is 3.61. The average Bonchev–Trinajstić information content (AvgIpc) is 3.10. The Labute approximate surface area is 156 Å². The Bertz CT molecular complexity index is 1000. The third-order valence-corrected chi connectivity index (χ3v) is 3.86. The zero-order valence-electron chi connectivity index (χ0n) is 14.4. The van der Waals surface area contributed by atoms with E-state index in [2.05, 4.69) is 21.7 Å². The number of nitriles is 1. The van der Waals surface area contributed by atoms with E-state index in [4.69, 9.17) is 5.26 Å². The van der Waals surface area contributed by atoms with Gasteiger partial charge in [0.1, 0.15) is 5.69 Å². The molecule has 0 saturated heterocycles. The molecule has 0 aliphatic rings. The second-order valence-electron chi connectivity index (χ2n) is 5.69. The van der Waals surface area contributed by atoms with Gasteiger partial charge < -0.3 is 5.11 Å².